The average Bonchev–Trinajstić information content (AvgIpc) is 3.26. The molecular formula is C27H26ClN3O3. The molecule has 0 aliphatic heterocycles. The summed E-state index contributed by atoms with van der Waals surface area (Å²) in [5, 5.41) is 14.6. The van der Waals surface area contributed by atoms with Crippen LogP contribution in [0.1, 0.15) is 36.8 Å². The number of benzene rings is 2. The number of carbonyl (C=O) groups is 1. The number of rotatable bonds is 7. The number of nitrogens with zero attached hydrogens (tertiary/aromatic N) is 1. The van der Waals surface area contributed by atoms with Crippen LogP contribution in [0.2, 0.25) is 5.02 Å². The van der Waals surface area contributed by atoms with Crippen LogP contribution < -0.4 is 10.1 Å². The molecule has 0 amide bonds. The molecule has 0 unspecified atom stereocenters. The molecule has 1 fully saturated rings. The number of aromatic nitrogens is 2. The van der Waals surface area contributed by atoms with Gasteiger partial charge in [0.2, 0.25) is 0 Å². The SMILES string of the molecule is O=C(O)[C@H]1CC[C@H](Nc2ccnc3[nH]cc(Cc4ccc(Oc5ccccc5)cc4Cl)c23)CC1. The number of ether oxygens (including phenoxy) is 1. The number of aliphatic carboxylic acids is 1. The molecule has 0 radical (unpaired) electrons. The van der Waals surface area contributed by atoms with Gasteiger partial charge in [-0.25, -0.2) is 4.98 Å². The van der Waals surface area contributed by atoms with Gasteiger partial charge in [0.15, 0.2) is 0 Å². The zero-order valence-corrected chi connectivity index (χ0v) is 19.4. The summed E-state index contributed by atoms with van der Waals surface area (Å²) in [6.45, 7) is 0. The Labute approximate surface area is 202 Å². The minimum atomic E-state index is -0.685. The summed E-state index contributed by atoms with van der Waals surface area (Å²) in [6, 6.07) is 17.6. The Hall–Kier alpha value is -3.51. The summed E-state index contributed by atoms with van der Waals surface area (Å²) < 4.78 is 5.90. The number of anilines is 1. The van der Waals surface area contributed by atoms with Gasteiger partial charge in [-0.2, -0.15) is 0 Å². The van der Waals surface area contributed by atoms with Crippen molar-refractivity contribution in [2.24, 2.45) is 5.92 Å². The Morgan fingerprint density at radius 3 is 2.59 bits per heavy atom. The lowest BCUT2D eigenvalue weighted by Crippen LogP contribution is -2.29. The minimum Gasteiger partial charge on any atom is -0.481 e. The van der Waals surface area contributed by atoms with Gasteiger partial charge >= 0.3 is 5.97 Å². The number of nitrogens with one attached hydrogen (secondary N) is 2. The molecule has 2 aromatic carbocycles. The molecule has 34 heavy (non-hydrogen) atoms. The van der Waals surface area contributed by atoms with Crippen LogP contribution >= 0.6 is 11.6 Å². The van der Waals surface area contributed by atoms with Crippen molar-refractivity contribution in [3.8, 4) is 11.5 Å². The van der Waals surface area contributed by atoms with E-state index in [2.05, 4.69) is 15.3 Å². The van der Waals surface area contributed by atoms with Crippen LogP contribution in [0.15, 0.2) is 67.0 Å². The Bertz CT molecular complexity index is 1300. The van der Waals surface area contributed by atoms with Crippen LogP contribution in [-0.2, 0) is 11.2 Å². The van der Waals surface area contributed by atoms with E-state index in [9.17, 15) is 9.90 Å². The van der Waals surface area contributed by atoms with Gasteiger partial charge in [0.1, 0.15) is 17.1 Å². The number of para-hydroxylation sites is 1. The van der Waals surface area contributed by atoms with Crippen LogP contribution in [0.25, 0.3) is 11.0 Å². The van der Waals surface area contributed by atoms with Crippen LogP contribution in [0.3, 0.4) is 0 Å². The standard InChI is InChI=1S/C27H26ClN3O3/c28-23-15-22(34-21-4-2-1-3-5-21)11-8-18(23)14-19-16-30-26-25(19)24(12-13-29-26)31-20-9-6-17(7-10-20)27(32)33/h1-5,8,11-13,15-17,20H,6-7,9-10,14H2,(H,32,33)(H2,29,30,31)/t17-,20-. The molecule has 1 aliphatic carbocycles. The van der Waals surface area contributed by atoms with Gasteiger partial charge in [0.25, 0.3) is 0 Å². The molecule has 1 aliphatic rings. The first kappa shape index (κ1) is 22.3. The van der Waals surface area contributed by atoms with Gasteiger partial charge in [-0.05, 0) is 67.1 Å². The van der Waals surface area contributed by atoms with Crippen LogP contribution in [-0.4, -0.2) is 27.1 Å². The zero-order chi connectivity index (χ0) is 23.5. The van der Waals surface area contributed by atoms with Gasteiger partial charge in [-0.15, -0.1) is 0 Å². The molecule has 5 rings (SSSR count). The number of halogens is 1. The summed E-state index contributed by atoms with van der Waals surface area (Å²) in [4.78, 5) is 19.0. The summed E-state index contributed by atoms with van der Waals surface area (Å²) in [6.07, 6.45) is 7.51. The third-order valence-electron chi connectivity index (χ3n) is 6.48. The number of carboxylic acid groups (broad SMARTS) is 1. The Kier molecular flexibility index (Phi) is 6.41. The van der Waals surface area contributed by atoms with Crippen LogP contribution in [0.5, 0.6) is 11.5 Å². The van der Waals surface area contributed by atoms with Crippen LogP contribution in [0.4, 0.5) is 5.69 Å². The van der Waals surface area contributed by atoms with Crippen molar-refractivity contribution in [2.75, 3.05) is 5.32 Å². The summed E-state index contributed by atoms with van der Waals surface area (Å²) in [5.74, 6) is 0.547. The maximum atomic E-state index is 11.3. The van der Waals surface area contributed by atoms with Gasteiger partial charge in [-0.3, -0.25) is 4.79 Å². The highest BCUT2D eigenvalue weighted by Gasteiger charge is 2.26. The zero-order valence-electron chi connectivity index (χ0n) is 18.6. The van der Waals surface area contributed by atoms with Gasteiger partial charge in [-0.1, -0.05) is 35.9 Å². The lowest BCUT2D eigenvalue weighted by molar-refractivity contribution is -0.142. The molecule has 0 bridgehead atoms. The molecule has 1 saturated carbocycles. The van der Waals surface area contributed by atoms with Crippen LogP contribution in [0, 0.1) is 5.92 Å². The van der Waals surface area contributed by atoms with Crippen molar-refractivity contribution in [1.29, 1.82) is 0 Å². The van der Waals surface area contributed by atoms with E-state index in [4.69, 9.17) is 16.3 Å². The second kappa shape index (κ2) is 9.77. The van der Waals surface area contributed by atoms with Gasteiger partial charge in [0.05, 0.1) is 5.92 Å². The number of carboxylic acids is 1. The normalized spacial score (nSPS) is 18.0. The molecule has 6 nitrogen and oxygen atoms in total. The van der Waals surface area contributed by atoms with E-state index >= 15 is 0 Å². The van der Waals surface area contributed by atoms with Crippen molar-refractivity contribution < 1.29 is 14.6 Å². The van der Waals surface area contributed by atoms with E-state index in [-0.39, 0.29) is 12.0 Å². The highest BCUT2D eigenvalue weighted by molar-refractivity contribution is 6.31. The van der Waals surface area contributed by atoms with Crippen molar-refractivity contribution in [3.05, 3.63) is 83.1 Å². The summed E-state index contributed by atoms with van der Waals surface area (Å²) in [5.41, 5.74) is 3.93. The highest BCUT2D eigenvalue weighted by Crippen LogP contribution is 2.33. The number of hydrogen-bond donors (Lipinski definition) is 3. The molecule has 0 saturated heterocycles. The number of fused-ring (bicyclic) bond motifs is 1. The third kappa shape index (κ3) is 4.87. The topological polar surface area (TPSA) is 87.2 Å². The molecule has 7 heteroatoms. The predicted octanol–water partition coefficient (Wildman–Crippen LogP) is 6.65. The molecule has 2 heterocycles. The van der Waals surface area contributed by atoms with Gasteiger partial charge in [0, 0.05) is 41.0 Å². The van der Waals surface area contributed by atoms with E-state index in [0.29, 0.717) is 30.0 Å². The Morgan fingerprint density at radius 1 is 1.06 bits per heavy atom. The molecule has 4 aromatic rings. The molecular weight excluding hydrogens is 450 g/mol. The largest absolute Gasteiger partial charge is 0.481 e. The minimum absolute atomic E-state index is 0.227. The molecule has 3 N–H and O–H groups in total. The van der Waals surface area contributed by atoms with Crippen molar-refractivity contribution in [2.45, 2.75) is 38.1 Å². The number of H-pyrrole nitrogens is 1. The molecule has 0 spiro atoms. The van der Waals surface area contributed by atoms with E-state index < -0.39 is 5.97 Å². The first-order chi connectivity index (χ1) is 16.6. The van der Waals surface area contributed by atoms with E-state index in [1.807, 2.05) is 60.8 Å². The number of hydrogen-bond acceptors (Lipinski definition) is 4. The first-order valence-corrected chi connectivity index (χ1v) is 11.9. The fraction of sp³-hybridized carbons (Fsp3) is 0.259. The van der Waals surface area contributed by atoms with Crippen molar-refractivity contribution in [3.63, 3.8) is 0 Å². The highest BCUT2D eigenvalue weighted by atomic mass is 35.5. The van der Waals surface area contributed by atoms with E-state index in [1.54, 1.807) is 6.20 Å². The maximum absolute atomic E-state index is 11.3. The summed E-state index contributed by atoms with van der Waals surface area (Å²) in [7, 11) is 0. The lowest BCUT2D eigenvalue weighted by Gasteiger charge is -2.28. The Balaban J connectivity index is 1.34. The van der Waals surface area contributed by atoms with Crippen molar-refractivity contribution in [1.82, 2.24) is 9.97 Å². The van der Waals surface area contributed by atoms with E-state index in [0.717, 1.165) is 46.4 Å². The summed E-state index contributed by atoms with van der Waals surface area (Å²) >= 11 is 6.63. The monoisotopic (exact) mass is 475 g/mol. The quantitative estimate of drug-likeness (QED) is 0.278. The van der Waals surface area contributed by atoms with E-state index in [1.165, 1.54) is 0 Å². The fourth-order valence-corrected chi connectivity index (χ4v) is 4.89. The lowest BCUT2D eigenvalue weighted by atomic mass is 9.86. The molecule has 174 valence electrons. The second-order valence-electron chi connectivity index (χ2n) is 8.77. The fourth-order valence-electron chi connectivity index (χ4n) is 4.65. The first-order valence-electron chi connectivity index (χ1n) is 11.5. The second-order valence-corrected chi connectivity index (χ2v) is 9.18. The molecule has 2 aromatic heterocycles. The number of aromatic amines is 1. The smallest absolute Gasteiger partial charge is 0.306 e. The Morgan fingerprint density at radius 2 is 1.85 bits per heavy atom. The van der Waals surface area contributed by atoms with Gasteiger partial charge < -0.3 is 20.1 Å². The third-order valence-corrected chi connectivity index (χ3v) is 6.83. The number of pyridine rings is 1. The molecule has 0 atom stereocenters. The van der Waals surface area contributed by atoms with Crippen molar-refractivity contribution >= 4 is 34.3 Å². The predicted molar refractivity (Wildman–Crippen MR) is 134 cm³/mol. The average molecular weight is 476 g/mol. The maximum Gasteiger partial charge on any atom is 0.306 e.